The number of pyridine rings is 1. The molecular weight excluding hydrogens is 212 g/mol. The molecule has 0 atom stereocenters. The highest BCUT2D eigenvalue weighted by Crippen LogP contribution is 2.41. The summed E-state index contributed by atoms with van der Waals surface area (Å²) in [6, 6.07) is 3.62. The molecule has 2 aromatic heterocycles. The summed E-state index contributed by atoms with van der Waals surface area (Å²) in [5, 5.41) is 0.616. The number of carbonyl (C=O) groups is 1. The number of nitrogens with zero attached hydrogens (tertiary/aromatic N) is 2. The van der Waals surface area contributed by atoms with Crippen molar-refractivity contribution < 1.29 is 4.79 Å². The van der Waals surface area contributed by atoms with Crippen molar-refractivity contribution in [3.63, 3.8) is 0 Å². The highest BCUT2D eigenvalue weighted by atomic mass is 35.5. The third-order valence-electron chi connectivity index (χ3n) is 2.72. The first-order valence-electron chi connectivity index (χ1n) is 4.92. The van der Waals surface area contributed by atoms with Gasteiger partial charge in [0.1, 0.15) is 11.3 Å². The van der Waals surface area contributed by atoms with Crippen LogP contribution in [-0.2, 0) is 0 Å². The van der Waals surface area contributed by atoms with E-state index in [0.29, 0.717) is 16.6 Å². The number of halogens is 1. The Hall–Kier alpha value is -1.35. The van der Waals surface area contributed by atoms with E-state index in [-0.39, 0.29) is 0 Å². The van der Waals surface area contributed by atoms with Crippen LogP contribution in [0.15, 0.2) is 18.3 Å². The van der Waals surface area contributed by atoms with E-state index in [0.717, 1.165) is 30.5 Å². The van der Waals surface area contributed by atoms with Crippen LogP contribution in [0.1, 0.15) is 34.9 Å². The fourth-order valence-corrected chi connectivity index (χ4v) is 1.99. The minimum absolute atomic E-state index is 0.476. The van der Waals surface area contributed by atoms with Gasteiger partial charge in [0.05, 0.1) is 10.7 Å². The number of aldehydes is 1. The number of hydrogen-bond acceptors (Lipinski definition) is 2. The van der Waals surface area contributed by atoms with E-state index >= 15 is 0 Å². The number of fused-ring (bicyclic) bond motifs is 1. The maximum Gasteiger partial charge on any atom is 0.168 e. The number of imidazole rings is 1. The van der Waals surface area contributed by atoms with E-state index in [1.807, 2.05) is 6.07 Å². The summed E-state index contributed by atoms with van der Waals surface area (Å²) in [5.74, 6) is 0.476. The maximum atomic E-state index is 11.0. The van der Waals surface area contributed by atoms with Gasteiger partial charge in [-0.15, -0.1) is 0 Å². The van der Waals surface area contributed by atoms with Crippen molar-refractivity contribution >= 4 is 23.5 Å². The van der Waals surface area contributed by atoms with Gasteiger partial charge >= 0.3 is 0 Å². The van der Waals surface area contributed by atoms with Crippen LogP contribution in [0.5, 0.6) is 0 Å². The summed E-state index contributed by atoms with van der Waals surface area (Å²) in [6.07, 6.45) is 4.88. The van der Waals surface area contributed by atoms with Crippen molar-refractivity contribution in [2.45, 2.75) is 18.8 Å². The molecule has 3 rings (SSSR count). The van der Waals surface area contributed by atoms with E-state index in [1.165, 1.54) is 0 Å². The van der Waals surface area contributed by atoms with Gasteiger partial charge in [0.2, 0.25) is 0 Å². The van der Waals surface area contributed by atoms with E-state index in [9.17, 15) is 4.79 Å². The molecule has 15 heavy (non-hydrogen) atoms. The third kappa shape index (κ3) is 1.35. The van der Waals surface area contributed by atoms with Gasteiger partial charge in [0.25, 0.3) is 0 Å². The summed E-state index contributed by atoms with van der Waals surface area (Å²) in [6.45, 7) is 0. The van der Waals surface area contributed by atoms with Gasteiger partial charge < -0.3 is 0 Å². The van der Waals surface area contributed by atoms with Crippen LogP contribution in [0.4, 0.5) is 0 Å². The topological polar surface area (TPSA) is 34.4 Å². The van der Waals surface area contributed by atoms with Crippen LogP contribution >= 0.6 is 11.6 Å². The molecule has 3 nitrogen and oxygen atoms in total. The Morgan fingerprint density at radius 1 is 1.47 bits per heavy atom. The number of rotatable bonds is 2. The molecule has 0 unspecified atom stereocenters. The molecule has 0 aliphatic heterocycles. The molecule has 0 aromatic carbocycles. The van der Waals surface area contributed by atoms with E-state index in [2.05, 4.69) is 4.98 Å². The van der Waals surface area contributed by atoms with Gasteiger partial charge in [-0.3, -0.25) is 9.20 Å². The lowest BCUT2D eigenvalue weighted by molar-refractivity contribution is 0.111. The SMILES string of the molecule is O=Cc1c(C2CC2)nc2ccc(Cl)cn12. The second kappa shape index (κ2) is 3.07. The number of carbonyl (C=O) groups excluding carboxylic acids is 1. The Balaban J connectivity index is 2.32. The van der Waals surface area contributed by atoms with Crippen LogP contribution in [0.25, 0.3) is 5.65 Å². The molecule has 2 heterocycles. The van der Waals surface area contributed by atoms with Gasteiger partial charge in [-0.25, -0.2) is 4.98 Å². The molecule has 0 amide bonds. The first-order chi connectivity index (χ1) is 7.29. The quantitative estimate of drug-likeness (QED) is 0.730. The van der Waals surface area contributed by atoms with Crippen LogP contribution in [0.3, 0.4) is 0 Å². The summed E-state index contributed by atoms with van der Waals surface area (Å²) in [7, 11) is 0. The highest BCUT2D eigenvalue weighted by molar-refractivity contribution is 6.30. The molecule has 0 N–H and O–H groups in total. The predicted octanol–water partition coefficient (Wildman–Crippen LogP) is 2.68. The second-order valence-corrected chi connectivity index (χ2v) is 4.29. The van der Waals surface area contributed by atoms with Gasteiger partial charge in [-0.05, 0) is 25.0 Å². The Morgan fingerprint density at radius 2 is 2.27 bits per heavy atom. The van der Waals surface area contributed by atoms with Crippen molar-refractivity contribution in [1.82, 2.24) is 9.38 Å². The fraction of sp³-hybridized carbons (Fsp3) is 0.273. The van der Waals surface area contributed by atoms with Crippen molar-refractivity contribution in [3.05, 3.63) is 34.7 Å². The van der Waals surface area contributed by atoms with E-state index in [1.54, 1.807) is 16.7 Å². The summed E-state index contributed by atoms with van der Waals surface area (Å²) in [5.41, 5.74) is 2.37. The minimum atomic E-state index is 0.476. The molecule has 0 spiro atoms. The molecule has 1 saturated carbocycles. The normalized spacial score (nSPS) is 15.8. The largest absolute Gasteiger partial charge is 0.296 e. The van der Waals surface area contributed by atoms with Crippen LogP contribution in [0, 0.1) is 0 Å². The second-order valence-electron chi connectivity index (χ2n) is 3.85. The average Bonchev–Trinajstić information content (AvgIpc) is 3.00. The Kier molecular flexibility index (Phi) is 1.83. The van der Waals surface area contributed by atoms with Gasteiger partial charge in [0.15, 0.2) is 6.29 Å². The van der Waals surface area contributed by atoms with E-state index < -0.39 is 0 Å². The average molecular weight is 221 g/mol. The highest BCUT2D eigenvalue weighted by Gasteiger charge is 2.29. The zero-order valence-electron chi connectivity index (χ0n) is 7.98. The first-order valence-corrected chi connectivity index (χ1v) is 5.30. The Morgan fingerprint density at radius 3 is 2.93 bits per heavy atom. The molecule has 0 radical (unpaired) electrons. The molecule has 1 aliphatic rings. The van der Waals surface area contributed by atoms with Crippen LogP contribution < -0.4 is 0 Å². The molecule has 1 fully saturated rings. The lowest BCUT2D eigenvalue weighted by Crippen LogP contribution is -1.93. The number of aromatic nitrogens is 2. The molecule has 0 bridgehead atoms. The standard InChI is InChI=1S/C11H9ClN2O/c12-8-3-4-10-13-11(7-1-2-7)9(6-15)14(10)5-8/h3-7H,1-2H2. The predicted molar refractivity (Wildman–Crippen MR) is 57.6 cm³/mol. The van der Waals surface area contributed by atoms with E-state index in [4.69, 9.17) is 11.6 Å². The fourth-order valence-electron chi connectivity index (χ4n) is 1.83. The molecule has 76 valence electrons. The molecule has 2 aromatic rings. The van der Waals surface area contributed by atoms with Crippen molar-refractivity contribution in [3.8, 4) is 0 Å². The summed E-state index contributed by atoms with van der Waals surface area (Å²) in [4.78, 5) is 15.5. The lowest BCUT2D eigenvalue weighted by Gasteiger charge is -1.96. The molecular formula is C11H9ClN2O. The zero-order chi connectivity index (χ0) is 10.4. The van der Waals surface area contributed by atoms with Crippen molar-refractivity contribution in [1.29, 1.82) is 0 Å². The Labute approximate surface area is 91.7 Å². The van der Waals surface area contributed by atoms with Crippen molar-refractivity contribution in [2.24, 2.45) is 0 Å². The summed E-state index contributed by atoms with van der Waals surface area (Å²) < 4.78 is 1.77. The van der Waals surface area contributed by atoms with Gasteiger partial charge in [-0.2, -0.15) is 0 Å². The third-order valence-corrected chi connectivity index (χ3v) is 2.95. The monoisotopic (exact) mass is 220 g/mol. The summed E-state index contributed by atoms with van der Waals surface area (Å²) >= 11 is 5.89. The van der Waals surface area contributed by atoms with Gasteiger partial charge in [0, 0.05) is 12.1 Å². The first kappa shape index (κ1) is 8.92. The molecule has 0 saturated heterocycles. The lowest BCUT2D eigenvalue weighted by atomic mass is 10.2. The maximum absolute atomic E-state index is 11.0. The molecule has 1 aliphatic carbocycles. The zero-order valence-corrected chi connectivity index (χ0v) is 8.74. The number of hydrogen-bond donors (Lipinski definition) is 0. The smallest absolute Gasteiger partial charge is 0.168 e. The van der Waals surface area contributed by atoms with Crippen LogP contribution in [-0.4, -0.2) is 15.7 Å². The molecule has 4 heteroatoms. The van der Waals surface area contributed by atoms with Crippen LogP contribution in [0.2, 0.25) is 5.02 Å². The minimum Gasteiger partial charge on any atom is -0.296 e. The van der Waals surface area contributed by atoms with Crippen molar-refractivity contribution in [2.75, 3.05) is 0 Å². The van der Waals surface area contributed by atoms with Gasteiger partial charge in [-0.1, -0.05) is 11.6 Å². The Bertz CT molecular complexity index is 543.